The van der Waals surface area contributed by atoms with E-state index >= 15 is 0 Å². The summed E-state index contributed by atoms with van der Waals surface area (Å²) in [7, 11) is 0. The van der Waals surface area contributed by atoms with Crippen molar-refractivity contribution in [2.45, 2.75) is 44.0 Å². The van der Waals surface area contributed by atoms with Gasteiger partial charge in [0.1, 0.15) is 6.10 Å². The van der Waals surface area contributed by atoms with E-state index in [1.165, 1.54) is 19.3 Å². The van der Waals surface area contributed by atoms with Gasteiger partial charge >= 0.3 is 0 Å². The molecule has 6 nitrogen and oxygen atoms in total. The van der Waals surface area contributed by atoms with Gasteiger partial charge in [0.2, 0.25) is 0 Å². The predicted octanol–water partition coefficient (Wildman–Crippen LogP) is 3.48. The molecule has 0 aromatic heterocycles. The number of likely N-dealkylation sites (tertiary alicyclic amines) is 1. The van der Waals surface area contributed by atoms with E-state index in [1.54, 1.807) is 0 Å². The van der Waals surface area contributed by atoms with Gasteiger partial charge < -0.3 is 24.4 Å². The van der Waals surface area contributed by atoms with Crippen LogP contribution < -0.4 is 5.32 Å². The smallest absolute Gasteiger partial charge is 0.198 e. The van der Waals surface area contributed by atoms with Crippen LogP contribution in [0.25, 0.3) is 0 Å². The number of rotatable bonds is 3. The monoisotopic (exact) mass is 487 g/mol. The minimum absolute atomic E-state index is 0. The first-order valence-electron chi connectivity index (χ1n) is 9.84. The van der Waals surface area contributed by atoms with Gasteiger partial charge in [-0.1, -0.05) is 18.2 Å². The van der Waals surface area contributed by atoms with E-state index in [4.69, 9.17) is 19.2 Å². The zero-order valence-electron chi connectivity index (χ0n) is 15.8. The highest BCUT2D eigenvalue weighted by Gasteiger charge is 2.42. The molecule has 3 aliphatic rings. The molecule has 1 atom stereocenters. The average molecular weight is 487 g/mol. The highest BCUT2D eigenvalue weighted by Crippen LogP contribution is 2.33. The van der Waals surface area contributed by atoms with E-state index in [0.29, 0.717) is 26.4 Å². The van der Waals surface area contributed by atoms with E-state index in [9.17, 15) is 0 Å². The van der Waals surface area contributed by atoms with Crippen molar-refractivity contribution < 1.29 is 14.2 Å². The summed E-state index contributed by atoms with van der Waals surface area (Å²) in [5.41, 5.74) is 1.07. The van der Waals surface area contributed by atoms with Crippen molar-refractivity contribution in [3.8, 4) is 0 Å². The van der Waals surface area contributed by atoms with Crippen molar-refractivity contribution in [1.82, 2.24) is 4.90 Å². The third-order valence-electron chi connectivity index (χ3n) is 5.30. The van der Waals surface area contributed by atoms with E-state index < -0.39 is 5.79 Å². The molecule has 1 aromatic rings. The molecule has 1 spiro atoms. The number of piperidine rings is 1. The van der Waals surface area contributed by atoms with Gasteiger partial charge in [0, 0.05) is 31.6 Å². The van der Waals surface area contributed by atoms with Crippen LogP contribution in [0.2, 0.25) is 0 Å². The molecule has 0 aliphatic carbocycles. The maximum Gasteiger partial charge on any atom is 0.198 e. The Bertz CT molecular complexity index is 602. The number of aliphatic imine (C=N–C) groups is 1. The second kappa shape index (κ2) is 10.0. The number of halogens is 1. The minimum atomic E-state index is -0.434. The number of benzene rings is 1. The second-order valence-corrected chi connectivity index (χ2v) is 7.28. The molecule has 0 radical (unpaired) electrons. The zero-order valence-corrected chi connectivity index (χ0v) is 18.1. The first kappa shape index (κ1) is 20.8. The lowest BCUT2D eigenvalue weighted by Crippen LogP contribution is -2.41. The fourth-order valence-electron chi connectivity index (χ4n) is 3.81. The molecule has 3 saturated heterocycles. The number of nitrogens with one attached hydrogen (secondary N) is 1. The summed E-state index contributed by atoms with van der Waals surface area (Å²) in [5.74, 6) is 0.517. The number of nitrogens with zero attached hydrogens (tertiary/aromatic N) is 2. The fourth-order valence-corrected chi connectivity index (χ4v) is 3.81. The predicted molar refractivity (Wildman–Crippen MR) is 117 cm³/mol. The molecule has 0 bridgehead atoms. The molecule has 3 aliphatic heterocycles. The Morgan fingerprint density at radius 1 is 1.11 bits per heavy atom. The number of hydrogen-bond acceptors (Lipinski definition) is 4. The highest BCUT2D eigenvalue weighted by molar-refractivity contribution is 14.0. The molecular weight excluding hydrogens is 457 g/mol. The van der Waals surface area contributed by atoms with Crippen molar-refractivity contribution in [2.75, 3.05) is 44.8 Å². The lowest BCUT2D eigenvalue weighted by atomic mass is 10.1. The molecule has 1 unspecified atom stereocenters. The molecular formula is C20H30IN3O3. The van der Waals surface area contributed by atoms with Gasteiger partial charge in [-0.25, -0.2) is 0 Å². The summed E-state index contributed by atoms with van der Waals surface area (Å²) in [6, 6.07) is 10.3. The Hall–Kier alpha value is -0.900. The third-order valence-corrected chi connectivity index (χ3v) is 5.30. The second-order valence-electron chi connectivity index (χ2n) is 7.28. The molecule has 3 fully saturated rings. The normalized spacial score (nSPS) is 25.3. The van der Waals surface area contributed by atoms with Crippen LogP contribution in [0, 0.1) is 0 Å². The molecule has 0 saturated carbocycles. The van der Waals surface area contributed by atoms with Crippen LogP contribution in [0.1, 0.15) is 32.1 Å². The standard InChI is InChI=1S/C20H29N3O3.HI/c1-3-7-17(8-4-1)22-19(23-11-5-2-6-12-23)21-15-18-16-25-20(26-18)9-13-24-14-10-20;/h1,3-4,7-8,18H,2,5-6,9-16H2,(H,21,22);1H. The third kappa shape index (κ3) is 5.56. The number of anilines is 1. The number of hydrogen-bond donors (Lipinski definition) is 1. The first-order valence-corrected chi connectivity index (χ1v) is 9.84. The summed E-state index contributed by atoms with van der Waals surface area (Å²) in [4.78, 5) is 7.26. The van der Waals surface area contributed by atoms with Crippen LogP contribution in [-0.4, -0.2) is 62.2 Å². The zero-order chi connectivity index (χ0) is 17.7. The molecule has 1 aromatic carbocycles. The SMILES string of the molecule is I.c1ccc(NC(=NCC2COC3(CCOCC3)O2)N2CCCCC2)cc1. The highest BCUT2D eigenvalue weighted by atomic mass is 127. The van der Waals surface area contributed by atoms with Crippen LogP contribution in [0.4, 0.5) is 5.69 Å². The Kier molecular flexibility index (Phi) is 7.75. The molecule has 4 rings (SSSR count). The van der Waals surface area contributed by atoms with Gasteiger partial charge in [0.05, 0.1) is 26.4 Å². The fraction of sp³-hybridized carbons (Fsp3) is 0.650. The maximum atomic E-state index is 6.22. The summed E-state index contributed by atoms with van der Waals surface area (Å²) in [6.45, 7) is 4.77. The summed E-state index contributed by atoms with van der Waals surface area (Å²) >= 11 is 0. The summed E-state index contributed by atoms with van der Waals surface area (Å²) < 4.78 is 17.6. The van der Waals surface area contributed by atoms with E-state index in [1.807, 2.05) is 18.2 Å². The number of ether oxygens (including phenoxy) is 3. The maximum absolute atomic E-state index is 6.22. The quantitative estimate of drug-likeness (QED) is 0.402. The van der Waals surface area contributed by atoms with E-state index in [0.717, 1.165) is 37.6 Å². The van der Waals surface area contributed by atoms with Crippen molar-refractivity contribution >= 4 is 35.6 Å². The molecule has 1 N–H and O–H groups in total. The van der Waals surface area contributed by atoms with Gasteiger partial charge in [0.15, 0.2) is 11.7 Å². The van der Waals surface area contributed by atoms with Gasteiger partial charge in [-0.3, -0.25) is 4.99 Å². The van der Waals surface area contributed by atoms with Crippen LogP contribution >= 0.6 is 24.0 Å². The van der Waals surface area contributed by atoms with Gasteiger partial charge in [-0.05, 0) is 31.4 Å². The topological polar surface area (TPSA) is 55.3 Å². The Morgan fingerprint density at radius 3 is 2.59 bits per heavy atom. The minimum Gasteiger partial charge on any atom is -0.381 e. The van der Waals surface area contributed by atoms with Gasteiger partial charge in [-0.2, -0.15) is 0 Å². The molecule has 27 heavy (non-hydrogen) atoms. The number of guanidine groups is 1. The Morgan fingerprint density at radius 2 is 1.85 bits per heavy atom. The lowest BCUT2D eigenvalue weighted by Gasteiger charge is -2.32. The largest absolute Gasteiger partial charge is 0.381 e. The average Bonchev–Trinajstić information content (AvgIpc) is 3.09. The van der Waals surface area contributed by atoms with E-state index in [-0.39, 0.29) is 30.1 Å². The molecule has 3 heterocycles. The Labute approximate surface area is 178 Å². The first-order chi connectivity index (χ1) is 12.8. The van der Waals surface area contributed by atoms with Crippen LogP contribution in [0.5, 0.6) is 0 Å². The van der Waals surface area contributed by atoms with Crippen molar-refractivity contribution in [2.24, 2.45) is 4.99 Å². The van der Waals surface area contributed by atoms with Crippen molar-refractivity contribution in [1.29, 1.82) is 0 Å². The lowest BCUT2D eigenvalue weighted by molar-refractivity contribution is -0.210. The van der Waals surface area contributed by atoms with Gasteiger partial charge in [-0.15, -0.1) is 24.0 Å². The number of para-hydroxylation sites is 1. The summed E-state index contributed by atoms with van der Waals surface area (Å²) in [6.07, 6.45) is 5.40. The van der Waals surface area contributed by atoms with Crippen molar-refractivity contribution in [3.05, 3.63) is 30.3 Å². The molecule has 7 heteroatoms. The molecule has 150 valence electrons. The van der Waals surface area contributed by atoms with Crippen molar-refractivity contribution in [3.63, 3.8) is 0 Å². The van der Waals surface area contributed by atoms with Crippen LogP contribution in [0.15, 0.2) is 35.3 Å². The van der Waals surface area contributed by atoms with Gasteiger partial charge in [0.25, 0.3) is 0 Å². The summed E-state index contributed by atoms with van der Waals surface area (Å²) in [5, 5.41) is 3.50. The molecule has 0 amide bonds. The van der Waals surface area contributed by atoms with Crippen LogP contribution in [-0.2, 0) is 14.2 Å². The Balaban J connectivity index is 0.00000210. The van der Waals surface area contributed by atoms with E-state index in [2.05, 4.69) is 22.3 Å². The van der Waals surface area contributed by atoms with Crippen LogP contribution in [0.3, 0.4) is 0 Å².